The summed E-state index contributed by atoms with van der Waals surface area (Å²) in [6, 6.07) is 24.9. The standard InChI is InChI=1S/C43H53N3O6/c47-28-29-7-9-34(10-8-29)39-22-38(27-46-13-11-43(12-14-46)49-15-16-50-43)51-40(52-39)37-6-2-5-36(21-37)35-4-1-3-30(20-35)26-44-41(48)45-42-23-31-17-32(24-42)19-33(18-31)25-42/h1-10,20-21,31-33,38-40,47H,11-19,22-28H2,(H2,44,45,48). The van der Waals surface area contributed by atoms with Gasteiger partial charge in [0.2, 0.25) is 0 Å². The van der Waals surface area contributed by atoms with Crippen LogP contribution >= 0.6 is 0 Å². The van der Waals surface area contributed by atoms with E-state index in [9.17, 15) is 9.90 Å². The normalized spacial score (nSPS) is 32.2. The Balaban J connectivity index is 0.875. The number of likely N-dealkylation sites (tertiary alicyclic amines) is 1. The van der Waals surface area contributed by atoms with Crippen LogP contribution in [0, 0.1) is 17.8 Å². The van der Waals surface area contributed by atoms with Crippen LogP contribution in [0.5, 0.6) is 0 Å². The Bertz CT molecular complexity index is 1680. The lowest BCUT2D eigenvalue weighted by atomic mass is 9.53. The Hall–Kier alpha value is -3.31. The molecule has 4 bridgehead atoms. The zero-order chi connectivity index (χ0) is 35.1. The molecule has 3 N–H and O–H groups in total. The van der Waals surface area contributed by atoms with E-state index in [1.165, 1.54) is 19.3 Å². The Morgan fingerprint density at radius 1 is 0.769 bits per heavy atom. The van der Waals surface area contributed by atoms with Crippen LogP contribution in [0.2, 0.25) is 0 Å². The number of aliphatic hydroxyl groups excluding tert-OH is 1. The molecule has 7 aliphatic rings. The first-order chi connectivity index (χ1) is 25.4. The summed E-state index contributed by atoms with van der Waals surface area (Å²) in [5, 5.41) is 16.2. The maximum atomic E-state index is 13.2. The van der Waals surface area contributed by atoms with Crippen molar-refractivity contribution >= 4 is 6.03 Å². The van der Waals surface area contributed by atoms with Crippen LogP contribution in [0.15, 0.2) is 72.8 Å². The molecule has 3 atom stereocenters. The van der Waals surface area contributed by atoms with E-state index in [1.807, 2.05) is 12.1 Å². The molecule has 0 radical (unpaired) electrons. The van der Waals surface area contributed by atoms with E-state index in [1.54, 1.807) is 0 Å². The Kier molecular flexibility index (Phi) is 9.60. The summed E-state index contributed by atoms with van der Waals surface area (Å²) in [5.74, 6) is 1.98. The Morgan fingerprint density at radius 3 is 2.13 bits per heavy atom. The van der Waals surface area contributed by atoms with Gasteiger partial charge in [-0.1, -0.05) is 60.7 Å². The van der Waals surface area contributed by atoms with Crippen LogP contribution in [0.3, 0.4) is 0 Å². The van der Waals surface area contributed by atoms with Gasteiger partial charge in [-0.15, -0.1) is 0 Å². The summed E-state index contributed by atoms with van der Waals surface area (Å²) >= 11 is 0. The number of urea groups is 1. The lowest BCUT2D eigenvalue weighted by Crippen LogP contribution is -2.61. The Labute approximate surface area is 307 Å². The van der Waals surface area contributed by atoms with Crippen LogP contribution in [0.1, 0.15) is 92.4 Å². The monoisotopic (exact) mass is 707 g/mol. The van der Waals surface area contributed by atoms with Crippen LogP contribution in [0.4, 0.5) is 4.79 Å². The van der Waals surface area contributed by atoms with Crippen molar-refractivity contribution in [3.63, 3.8) is 0 Å². The van der Waals surface area contributed by atoms with Crippen LogP contribution in [-0.4, -0.2) is 66.3 Å². The fourth-order valence-electron chi connectivity index (χ4n) is 10.6. The molecule has 0 aromatic heterocycles. The van der Waals surface area contributed by atoms with E-state index in [4.69, 9.17) is 18.9 Å². The number of rotatable bonds is 9. The highest BCUT2D eigenvalue weighted by Crippen LogP contribution is 2.55. The second-order valence-electron chi connectivity index (χ2n) is 16.6. The van der Waals surface area contributed by atoms with Crippen molar-refractivity contribution in [3.8, 4) is 11.1 Å². The first kappa shape index (κ1) is 34.5. The average Bonchev–Trinajstić information content (AvgIpc) is 3.62. The molecule has 3 aromatic rings. The van der Waals surface area contributed by atoms with Crippen molar-refractivity contribution in [1.29, 1.82) is 0 Å². The van der Waals surface area contributed by atoms with Crippen molar-refractivity contribution < 1.29 is 28.8 Å². The van der Waals surface area contributed by atoms with Gasteiger partial charge in [0.15, 0.2) is 12.1 Å². The van der Waals surface area contributed by atoms with E-state index in [0.717, 1.165) is 109 Å². The minimum absolute atomic E-state index is 0.00126. The number of nitrogens with one attached hydrogen (secondary N) is 2. The highest BCUT2D eigenvalue weighted by atomic mass is 16.7. The number of hydrogen-bond acceptors (Lipinski definition) is 7. The topological polar surface area (TPSA) is 102 Å². The van der Waals surface area contributed by atoms with Gasteiger partial charge in [0.05, 0.1) is 32.0 Å². The second-order valence-corrected chi connectivity index (χ2v) is 16.6. The predicted octanol–water partition coefficient (Wildman–Crippen LogP) is 7.00. The van der Waals surface area contributed by atoms with Gasteiger partial charge in [-0.25, -0.2) is 4.79 Å². The number of carbonyl (C=O) groups excluding carboxylic acids is 1. The number of amides is 2. The van der Waals surface area contributed by atoms with Gasteiger partial charge in [0.25, 0.3) is 0 Å². The third kappa shape index (κ3) is 7.41. The molecule has 3 aromatic carbocycles. The van der Waals surface area contributed by atoms with Gasteiger partial charge in [-0.05, 0) is 96.2 Å². The molecule has 52 heavy (non-hydrogen) atoms. The SMILES string of the molecule is O=C(NCc1cccc(-c2cccc(C3OC(CN4CCC5(CC4)OCCO5)CC(c4ccc(CO)cc4)O3)c2)c1)NC12CC3CC(CC(C3)C1)C2. The lowest BCUT2D eigenvalue weighted by Gasteiger charge is -2.56. The summed E-state index contributed by atoms with van der Waals surface area (Å²) < 4.78 is 25.4. The summed E-state index contributed by atoms with van der Waals surface area (Å²) in [6.45, 7) is 4.49. The zero-order valence-corrected chi connectivity index (χ0v) is 30.1. The molecule has 1 spiro atoms. The fourth-order valence-corrected chi connectivity index (χ4v) is 10.6. The molecule has 3 unspecified atom stereocenters. The molecule has 2 amide bonds. The van der Waals surface area contributed by atoms with Gasteiger partial charge in [0, 0.05) is 56.5 Å². The third-order valence-corrected chi connectivity index (χ3v) is 12.8. The Morgan fingerprint density at radius 2 is 1.44 bits per heavy atom. The largest absolute Gasteiger partial charge is 0.392 e. The molecule has 7 fully saturated rings. The van der Waals surface area contributed by atoms with Gasteiger partial charge in [-0.3, -0.25) is 0 Å². The van der Waals surface area contributed by atoms with E-state index in [0.29, 0.717) is 19.8 Å². The molecule has 276 valence electrons. The van der Waals surface area contributed by atoms with Gasteiger partial charge in [-0.2, -0.15) is 0 Å². The summed E-state index contributed by atoms with van der Waals surface area (Å²) in [6.07, 6.45) is 9.32. The molecular formula is C43H53N3O6. The van der Waals surface area contributed by atoms with E-state index in [-0.39, 0.29) is 30.4 Å². The number of ether oxygens (including phenoxy) is 4. The molecule has 9 nitrogen and oxygen atoms in total. The van der Waals surface area contributed by atoms with Crippen molar-refractivity contribution in [3.05, 3.63) is 95.1 Å². The molecular weight excluding hydrogens is 654 g/mol. The highest BCUT2D eigenvalue weighted by molar-refractivity contribution is 5.75. The number of benzene rings is 3. The number of piperidine rings is 1. The highest BCUT2D eigenvalue weighted by Gasteiger charge is 2.51. The number of aliphatic hydroxyl groups is 1. The molecule has 3 heterocycles. The molecule has 10 rings (SSSR count). The first-order valence-corrected chi connectivity index (χ1v) is 19.7. The summed E-state index contributed by atoms with van der Waals surface area (Å²) in [7, 11) is 0. The van der Waals surface area contributed by atoms with Crippen molar-refractivity contribution in [2.45, 2.75) is 101 Å². The van der Waals surface area contributed by atoms with Crippen LogP contribution in [-0.2, 0) is 32.1 Å². The average molecular weight is 708 g/mol. The van der Waals surface area contributed by atoms with E-state index < -0.39 is 12.1 Å². The van der Waals surface area contributed by atoms with Crippen LogP contribution in [0.25, 0.3) is 11.1 Å². The van der Waals surface area contributed by atoms with Crippen molar-refractivity contribution in [2.75, 3.05) is 32.8 Å². The van der Waals surface area contributed by atoms with Crippen molar-refractivity contribution in [1.82, 2.24) is 15.5 Å². The number of nitrogens with zero attached hydrogens (tertiary/aromatic N) is 1. The smallest absolute Gasteiger partial charge is 0.315 e. The van der Waals surface area contributed by atoms with Gasteiger partial charge < -0.3 is 39.6 Å². The maximum Gasteiger partial charge on any atom is 0.315 e. The predicted molar refractivity (Wildman–Crippen MR) is 197 cm³/mol. The lowest BCUT2D eigenvalue weighted by molar-refractivity contribution is -0.255. The molecule has 9 heteroatoms. The van der Waals surface area contributed by atoms with E-state index in [2.05, 4.69) is 76.2 Å². The molecule has 3 saturated heterocycles. The molecule has 4 saturated carbocycles. The third-order valence-electron chi connectivity index (χ3n) is 12.8. The van der Waals surface area contributed by atoms with Crippen molar-refractivity contribution in [2.24, 2.45) is 17.8 Å². The minimum atomic E-state index is -0.531. The maximum absolute atomic E-state index is 13.2. The van der Waals surface area contributed by atoms with Gasteiger partial charge in [0.1, 0.15) is 0 Å². The summed E-state index contributed by atoms with van der Waals surface area (Å²) in [5.41, 5.74) is 6.18. The second kappa shape index (κ2) is 14.5. The minimum Gasteiger partial charge on any atom is -0.392 e. The molecule has 4 aliphatic carbocycles. The number of carbonyl (C=O) groups is 1. The zero-order valence-electron chi connectivity index (χ0n) is 30.1. The first-order valence-electron chi connectivity index (χ1n) is 19.7. The molecule has 3 aliphatic heterocycles. The quantitative estimate of drug-likeness (QED) is 0.220. The summed E-state index contributed by atoms with van der Waals surface area (Å²) in [4.78, 5) is 15.6. The van der Waals surface area contributed by atoms with Crippen LogP contribution < -0.4 is 10.6 Å². The number of hydrogen-bond donors (Lipinski definition) is 3. The van der Waals surface area contributed by atoms with E-state index >= 15 is 0 Å². The van der Waals surface area contributed by atoms with Gasteiger partial charge >= 0.3 is 6.03 Å². The fraction of sp³-hybridized carbons (Fsp3) is 0.558.